The van der Waals surface area contributed by atoms with Gasteiger partial charge in [-0.1, -0.05) is 0 Å². The first-order valence-electron chi connectivity index (χ1n) is 0.891. The summed E-state index contributed by atoms with van der Waals surface area (Å²) in [5, 5.41) is 0. The predicted octanol–water partition coefficient (Wildman–Crippen LogP) is 1.25. The van der Waals surface area contributed by atoms with Gasteiger partial charge in [0.15, 0.2) is 0 Å². The Balaban J connectivity index is 0. The highest BCUT2D eigenvalue weighted by atomic mass is 79.9. The summed E-state index contributed by atoms with van der Waals surface area (Å²) in [5.41, 5.74) is 0. The lowest BCUT2D eigenvalue weighted by molar-refractivity contribution is 0.405. The summed E-state index contributed by atoms with van der Waals surface area (Å²) >= 11 is 5.12. The Morgan fingerprint density at radius 3 is 1.43 bits per heavy atom. The van der Waals surface area contributed by atoms with Gasteiger partial charge < -0.3 is 0 Å². The smallest absolute Gasteiger partial charge is 0.230 e. The van der Waals surface area contributed by atoms with E-state index in [2.05, 4.69) is 35.4 Å². The molecule has 0 atom stereocenters. The Labute approximate surface area is 58.3 Å². The van der Waals surface area contributed by atoms with Gasteiger partial charge in [0.25, 0.3) is 0 Å². The molecule has 0 bridgehead atoms. The van der Waals surface area contributed by atoms with Crippen LogP contribution in [0.25, 0.3) is 0 Å². The van der Waals surface area contributed by atoms with Crippen LogP contribution in [0.1, 0.15) is 0 Å². The molecule has 0 heterocycles. The summed E-state index contributed by atoms with van der Waals surface area (Å²) in [5.74, 6) is 0. The topological polar surface area (TPSA) is 66.8 Å². The van der Waals surface area contributed by atoms with Crippen LogP contribution in [-0.2, 0) is 7.48 Å². The van der Waals surface area contributed by atoms with Gasteiger partial charge in [-0.2, -0.15) is 0 Å². The van der Waals surface area contributed by atoms with Crippen LogP contribution in [0.2, 0.25) is 0 Å². The Kier molecular flexibility index (Phi) is 15.5. The van der Waals surface area contributed by atoms with Gasteiger partial charge in [0.1, 0.15) is 32.5 Å². The van der Waals surface area contributed by atoms with Crippen LogP contribution in [0, 0.1) is 0 Å². The van der Waals surface area contributed by atoms with Crippen molar-refractivity contribution < 1.29 is 17.3 Å². The van der Waals surface area contributed by atoms with E-state index in [0.29, 0.717) is 0 Å². The van der Waals surface area contributed by atoms with Crippen LogP contribution in [-0.4, -0.2) is 9.79 Å². The minimum absolute atomic E-state index is 2.56. The summed E-state index contributed by atoms with van der Waals surface area (Å²) in [6.45, 7) is 0. The highest BCUT2D eigenvalue weighted by Gasteiger charge is 1.93. The molecule has 0 aliphatic heterocycles. The van der Waals surface area contributed by atoms with E-state index in [9.17, 15) is 0 Å². The second-order valence-electron chi connectivity index (χ2n) is 0.311. The van der Waals surface area contributed by atoms with Gasteiger partial charge >= 0.3 is 8.25 Å². The lowest BCUT2D eigenvalue weighted by atomic mass is 15.8. The fraction of sp³-hybridized carbons (Fsp3) is 0. The summed E-state index contributed by atoms with van der Waals surface area (Å²) < 4.78 is 12.6. The lowest BCUT2D eigenvalue weighted by Crippen LogP contribution is -1.38. The second-order valence-corrected chi connectivity index (χ2v) is 2.33. The first-order chi connectivity index (χ1) is 3.15. The van der Waals surface area contributed by atoms with E-state index in [1.54, 1.807) is 0 Å². The number of halogens is 2. The third kappa shape index (κ3) is 192. The average molecular weight is 257 g/mol. The van der Waals surface area contributed by atoms with Crippen molar-refractivity contribution in [3.05, 3.63) is 0 Å². The standard InChI is InChI=1S/Br2O.HO3P/c1-3-2;1-4(2)3/h;(H-,1,2,3)/p+1. The van der Waals surface area contributed by atoms with E-state index in [1.807, 2.05) is 0 Å². The Morgan fingerprint density at radius 2 is 1.43 bits per heavy atom. The van der Waals surface area contributed by atoms with Gasteiger partial charge in [0, 0.05) is 4.57 Å². The van der Waals surface area contributed by atoms with Crippen LogP contribution < -0.4 is 0 Å². The molecule has 0 aliphatic carbocycles. The van der Waals surface area contributed by atoms with Gasteiger partial charge in [0.05, 0.1) is 0 Å². The molecule has 0 amide bonds. The quantitative estimate of drug-likeness (QED) is 0.641. The van der Waals surface area contributed by atoms with E-state index in [0.717, 1.165) is 0 Å². The highest BCUT2D eigenvalue weighted by Crippen LogP contribution is 1.98. The van der Waals surface area contributed by atoms with Crippen molar-refractivity contribution in [3.63, 3.8) is 0 Å². The molecule has 0 aromatic carbocycles. The molecular weight excluding hydrogens is 255 g/mol. The zero-order valence-corrected chi connectivity index (χ0v) is 6.98. The van der Waals surface area contributed by atoms with Crippen LogP contribution in [0.3, 0.4) is 0 Å². The Morgan fingerprint density at radius 1 is 1.43 bits per heavy atom. The molecule has 0 saturated carbocycles. The van der Waals surface area contributed by atoms with E-state index in [-0.39, 0.29) is 0 Å². The lowest BCUT2D eigenvalue weighted by Gasteiger charge is -1.48. The highest BCUT2D eigenvalue weighted by molar-refractivity contribution is 9.18. The monoisotopic (exact) mass is 255 g/mol. The minimum atomic E-state index is -2.87. The average Bonchev–Trinajstić information content (AvgIpc) is 1.33. The number of rotatable bonds is 0. The summed E-state index contributed by atoms with van der Waals surface area (Å²) in [7, 11) is -2.87. The second kappa shape index (κ2) is 10.0. The maximum atomic E-state index is 8.70. The van der Waals surface area contributed by atoms with Crippen molar-refractivity contribution in [1.82, 2.24) is 0 Å². The molecule has 4 nitrogen and oxygen atoms in total. The van der Waals surface area contributed by atoms with Crippen LogP contribution in [0.4, 0.5) is 0 Å². The molecule has 0 fully saturated rings. The van der Waals surface area contributed by atoms with Gasteiger partial charge in [0.2, 0.25) is 0 Å². The van der Waals surface area contributed by atoms with Crippen LogP contribution >= 0.6 is 40.8 Å². The third-order valence-corrected chi connectivity index (χ3v) is 0. The summed E-state index contributed by atoms with van der Waals surface area (Å²) in [4.78, 5) is 14.2. The van der Waals surface area contributed by atoms with Crippen molar-refractivity contribution in [3.8, 4) is 0 Å². The van der Waals surface area contributed by atoms with Crippen LogP contribution in [0.5, 0.6) is 0 Å². The summed E-state index contributed by atoms with van der Waals surface area (Å²) in [6, 6.07) is 0. The van der Waals surface area contributed by atoms with Gasteiger partial charge in [-0.25, -0.2) is 2.92 Å². The number of hydrogen-bond donors (Lipinski definition) is 2. The molecule has 0 aliphatic rings. The fourth-order valence-electron chi connectivity index (χ4n) is 0. The van der Waals surface area contributed by atoms with Gasteiger partial charge in [-0.3, -0.25) is 0 Å². The molecule has 7 heavy (non-hydrogen) atoms. The van der Waals surface area contributed by atoms with E-state index >= 15 is 0 Å². The van der Waals surface area contributed by atoms with E-state index in [4.69, 9.17) is 14.4 Å². The van der Waals surface area contributed by atoms with Crippen molar-refractivity contribution >= 4 is 40.8 Å². The Bertz CT molecular complexity index is 41.0. The normalized spacial score (nSPS) is 6.29. The van der Waals surface area contributed by atoms with Gasteiger partial charge in [-0.15, -0.1) is 9.79 Å². The van der Waals surface area contributed by atoms with Crippen LogP contribution in [0.15, 0.2) is 0 Å². The molecule has 0 radical (unpaired) electrons. The maximum Gasteiger partial charge on any atom is 0.692 e. The molecule has 0 spiro atoms. The molecule has 2 N–H and O–H groups in total. The largest absolute Gasteiger partial charge is 0.692 e. The molecule has 0 rings (SSSR count). The summed E-state index contributed by atoms with van der Waals surface area (Å²) in [6.07, 6.45) is 0. The zero-order valence-electron chi connectivity index (χ0n) is 2.91. The van der Waals surface area contributed by atoms with E-state index in [1.165, 1.54) is 0 Å². The first-order valence-corrected chi connectivity index (χ1v) is 3.35. The molecule has 0 aromatic rings. The van der Waals surface area contributed by atoms with Crippen molar-refractivity contribution in [1.29, 1.82) is 0 Å². The third-order valence-electron chi connectivity index (χ3n) is 0. The van der Waals surface area contributed by atoms with Crippen molar-refractivity contribution in [2.75, 3.05) is 0 Å². The molecule has 0 aromatic heterocycles. The molecule has 0 saturated heterocycles. The molecular formula is H2Br2O4P+. The van der Waals surface area contributed by atoms with Crippen molar-refractivity contribution in [2.24, 2.45) is 0 Å². The SMILES string of the molecule is BrOBr.O=[P+](O)O. The molecule has 0 unspecified atom stereocenters. The molecule has 7 heteroatoms. The number of hydrogen-bond acceptors (Lipinski definition) is 2. The fourth-order valence-corrected chi connectivity index (χ4v) is 0. The van der Waals surface area contributed by atoms with Crippen molar-refractivity contribution in [2.45, 2.75) is 0 Å². The van der Waals surface area contributed by atoms with Gasteiger partial charge in [-0.05, 0) is 0 Å². The minimum Gasteiger partial charge on any atom is -0.230 e. The predicted molar refractivity (Wildman–Crippen MR) is 31.0 cm³/mol. The Hall–Kier alpha value is 0.940. The molecule has 44 valence electrons. The first kappa shape index (κ1) is 10.8. The van der Waals surface area contributed by atoms with E-state index < -0.39 is 8.25 Å². The maximum absolute atomic E-state index is 8.70. The zero-order chi connectivity index (χ0) is 6.28.